The van der Waals surface area contributed by atoms with Crippen LogP contribution in [0.25, 0.3) is 0 Å². The second kappa shape index (κ2) is 7.09. The number of carbonyl (C=O) groups is 1. The van der Waals surface area contributed by atoms with Gasteiger partial charge in [-0.25, -0.2) is 0 Å². The van der Waals surface area contributed by atoms with Crippen molar-refractivity contribution in [3.05, 3.63) is 60.2 Å². The molecule has 2 aromatic rings. The third kappa shape index (κ3) is 3.86. The maximum absolute atomic E-state index is 12.0. The highest BCUT2D eigenvalue weighted by molar-refractivity contribution is 5.92. The molecule has 0 spiro atoms. The van der Waals surface area contributed by atoms with E-state index in [9.17, 15) is 4.79 Å². The Morgan fingerprint density at radius 1 is 1.00 bits per heavy atom. The molecule has 0 unspecified atom stereocenters. The third-order valence-electron chi connectivity index (χ3n) is 3.84. The predicted octanol–water partition coefficient (Wildman–Crippen LogP) is 2.28. The minimum Gasteiger partial charge on any atom is -0.369 e. The summed E-state index contributed by atoms with van der Waals surface area (Å²) in [7, 11) is 0. The predicted molar refractivity (Wildman–Crippen MR) is 90.3 cm³/mol. The van der Waals surface area contributed by atoms with Crippen LogP contribution in [-0.2, 0) is 11.2 Å². The number of nitrogens with one attached hydrogen (secondary N) is 2. The summed E-state index contributed by atoms with van der Waals surface area (Å²) in [4.78, 5) is 14.4. The quantitative estimate of drug-likeness (QED) is 0.909. The molecule has 3 rings (SSSR count). The van der Waals surface area contributed by atoms with Crippen LogP contribution in [-0.4, -0.2) is 32.1 Å². The lowest BCUT2D eigenvalue weighted by atomic mass is 10.1. The summed E-state index contributed by atoms with van der Waals surface area (Å²) < 4.78 is 0. The molecule has 2 aromatic carbocycles. The molecule has 0 atom stereocenters. The van der Waals surface area contributed by atoms with Gasteiger partial charge in [-0.2, -0.15) is 0 Å². The summed E-state index contributed by atoms with van der Waals surface area (Å²) in [6.45, 7) is 4.10. The fraction of sp³-hybridized carbons (Fsp3) is 0.278. The smallest absolute Gasteiger partial charge is 0.228 e. The van der Waals surface area contributed by atoms with Crippen molar-refractivity contribution in [3.8, 4) is 0 Å². The summed E-state index contributed by atoms with van der Waals surface area (Å²) in [5.74, 6) is 0.0149. The molecule has 1 aliphatic heterocycles. The Morgan fingerprint density at radius 2 is 1.68 bits per heavy atom. The van der Waals surface area contributed by atoms with Crippen LogP contribution in [0.5, 0.6) is 0 Å². The number of hydrogen-bond donors (Lipinski definition) is 2. The molecular weight excluding hydrogens is 274 g/mol. The number of nitrogens with zero attached hydrogens (tertiary/aromatic N) is 1. The van der Waals surface area contributed by atoms with E-state index in [1.165, 1.54) is 5.69 Å². The lowest BCUT2D eigenvalue weighted by Gasteiger charge is -2.29. The van der Waals surface area contributed by atoms with E-state index in [1.807, 2.05) is 42.5 Å². The van der Waals surface area contributed by atoms with Crippen molar-refractivity contribution in [2.24, 2.45) is 0 Å². The molecule has 4 nitrogen and oxygen atoms in total. The monoisotopic (exact) mass is 295 g/mol. The molecule has 4 heteroatoms. The van der Waals surface area contributed by atoms with E-state index in [2.05, 4.69) is 27.7 Å². The first-order chi connectivity index (χ1) is 10.8. The standard InChI is InChI=1S/C18H21N3O/c22-18(14-15-4-2-1-3-5-15)20-16-6-8-17(9-7-16)21-12-10-19-11-13-21/h1-9,19H,10-14H2,(H,20,22). The molecule has 1 saturated heterocycles. The Hall–Kier alpha value is -2.33. The van der Waals surface area contributed by atoms with Gasteiger partial charge in [-0.1, -0.05) is 30.3 Å². The van der Waals surface area contributed by atoms with Gasteiger partial charge in [0, 0.05) is 37.6 Å². The molecule has 2 N–H and O–H groups in total. The van der Waals surface area contributed by atoms with Gasteiger partial charge in [0.05, 0.1) is 6.42 Å². The zero-order valence-corrected chi connectivity index (χ0v) is 12.6. The number of carbonyl (C=O) groups excluding carboxylic acids is 1. The molecule has 1 fully saturated rings. The summed E-state index contributed by atoms with van der Waals surface area (Å²) in [5.41, 5.74) is 3.08. The minimum atomic E-state index is 0.0149. The molecule has 0 saturated carbocycles. The fourth-order valence-corrected chi connectivity index (χ4v) is 2.67. The normalized spacial score (nSPS) is 14.6. The maximum atomic E-state index is 12.0. The summed E-state index contributed by atoms with van der Waals surface area (Å²) in [5, 5.41) is 6.30. The molecular formula is C18H21N3O. The van der Waals surface area contributed by atoms with Crippen molar-refractivity contribution in [2.75, 3.05) is 36.4 Å². The van der Waals surface area contributed by atoms with Crippen LogP contribution in [0.3, 0.4) is 0 Å². The van der Waals surface area contributed by atoms with Crippen molar-refractivity contribution in [1.29, 1.82) is 0 Å². The van der Waals surface area contributed by atoms with Crippen LogP contribution in [0, 0.1) is 0 Å². The Kier molecular flexibility index (Phi) is 4.71. The topological polar surface area (TPSA) is 44.4 Å². The van der Waals surface area contributed by atoms with Gasteiger partial charge in [0.15, 0.2) is 0 Å². The van der Waals surface area contributed by atoms with Crippen molar-refractivity contribution in [2.45, 2.75) is 6.42 Å². The summed E-state index contributed by atoms with van der Waals surface area (Å²) in [6.07, 6.45) is 0.403. The zero-order chi connectivity index (χ0) is 15.2. The highest BCUT2D eigenvalue weighted by atomic mass is 16.1. The van der Waals surface area contributed by atoms with Gasteiger partial charge in [0.1, 0.15) is 0 Å². The van der Waals surface area contributed by atoms with Gasteiger partial charge >= 0.3 is 0 Å². The van der Waals surface area contributed by atoms with Gasteiger partial charge in [-0.15, -0.1) is 0 Å². The molecule has 22 heavy (non-hydrogen) atoms. The molecule has 1 amide bonds. The first kappa shape index (κ1) is 14.6. The highest BCUT2D eigenvalue weighted by Crippen LogP contribution is 2.18. The van der Waals surface area contributed by atoms with Crippen LogP contribution in [0.2, 0.25) is 0 Å². The van der Waals surface area contributed by atoms with E-state index < -0.39 is 0 Å². The SMILES string of the molecule is O=C(Cc1ccccc1)Nc1ccc(N2CCNCC2)cc1. The second-order valence-electron chi connectivity index (χ2n) is 5.49. The minimum absolute atomic E-state index is 0.0149. The van der Waals surface area contributed by atoms with E-state index in [1.54, 1.807) is 0 Å². The third-order valence-corrected chi connectivity index (χ3v) is 3.84. The van der Waals surface area contributed by atoms with Gasteiger partial charge < -0.3 is 15.5 Å². The number of anilines is 2. The number of piperazine rings is 1. The fourth-order valence-electron chi connectivity index (χ4n) is 2.67. The van der Waals surface area contributed by atoms with Crippen molar-refractivity contribution in [3.63, 3.8) is 0 Å². The van der Waals surface area contributed by atoms with Gasteiger partial charge in [0.25, 0.3) is 0 Å². The number of hydrogen-bond acceptors (Lipinski definition) is 3. The molecule has 114 valence electrons. The van der Waals surface area contributed by atoms with Crippen molar-refractivity contribution >= 4 is 17.3 Å². The molecule has 1 aliphatic rings. The first-order valence-corrected chi connectivity index (χ1v) is 7.71. The average Bonchev–Trinajstić information content (AvgIpc) is 2.57. The average molecular weight is 295 g/mol. The first-order valence-electron chi connectivity index (χ1n) is 7.71. The molecule has 0 radical (unpaired) electrons. The largest absolute Gasteiger partial charge is 0.369 e. The van der Waals surface area contributed by atoms with E-state index in [0.717, 1.165) is 37.4 Å². The van der Waals surface area contributed by atoms with E-state index in [4.69, 9.17) is 0 Å². The van der Waals surface area contributed by atoms with Gasteiger partial charge in [-0.3, -0.25) is 4.79 Å². The van der Waals surface area contributed by atoms with Gasteiger partial charge in [-0.05, 0) is 29.8 Å². The number of rotatable bonds is 4. The molecule has 1 heterocycles. The van der Waals surface area contributed by atoms with Crippen LogP contribution in [0.4, 0.5) is 11.4 Å². The van der Waals surface area contributed by atoms with Crippen molar-refractivity contribution in [1.82, 2.24) is 5.32 Å². The van der Waals surface area contributed by atoms with E-state index in [0.29, 0.717) is 6.42 Å². The van der Waals surface area contributed by atoms with Crippen LogP contribution in [0.15, 0.2) is 54.6 Å². The molecule has 0 aromatic heterocycles. The highest BCUT2D eigenvalue weighted by Gasteiger charge is 2.10. The van der Waals surface area contributed by atoms with Crippen LogP contribution >= 0.6 is 0 Å². The number of amides is 1. The zero-order valence-electron chi connectivity index (χ0n) is 12.6. The molecule has 0 aliphatic carbocycles. The Balaban J connectivity index is 1.57. The molecule has 0 bridgehead atoms. The lowest BCUT2D eigenvalue weighted by Crippen LogP contribution is -2.43. The van der Waals surface area contributed by atoms with E-state index >= 15 is 0 Å². The Bertz CT molecular complexity index is 604. The van der Waals surface area contributed by atoms with E-state index in [-0.39, 0.29) is 5.91 Å². The van der Waals surface area contributed by atoms with Gasteiger partial charge in [0.2, 0.25) is 5.91 Å². The summed E-state index contributed by atoms with van der Waals surface area (Å²) in [6, 6.07) is 17.9. The van der Waals surface area contributed by atoms with Crippen molar-refractivity contribution < 1.29 is 4.79 Å². The Morgan fingerprint density at radius 3 is 2.36 bits per heavy atom. The number of benzene rings is 2. The second-order valence-corrected chi connectivity index (χ2v) is 5.49. The Labute approximate surface area is 131 Å². The maximum Gasteiger partial charge on any atom is 0.228 e. The lowest BCUT2D eigenvalue weighted by molar-refractivity contribution is -0.115. The van der Waals surface area contributed by atoms with Crippen LogP contribution in [0.1, 0.15) is 5.56 Å². The summed E-state index contributed by atoms with van der Waals surface area (Å²) >= 11 is 0. The van der Waals surface area contributed by atoms with Crippen LogP contribution < -0.4 is 15.5 Å².